The van der Waals surface area contributed by atoms with E-state index in [0.29, 0.717) is 23.6 Å². The predicted molar refractivity (Wildman–Crippen MR) is 115 cm³/mol. The Bertz CT molecular complexity index is 1020. The van der Waals surface area contributed by atoms with Crippen molar-refractivity contribution < 1.29 is 23.8 Å². The molecular weight excluding hydrogens is 404 g/mol. The van der Waals surface area contributed by atoms with Gasteiger partial charge in [0.2, 0.25) is 0 Å². The van der Waals surface area contributed by atoms with Crippen LogP contribution in [0.15, 0.2) is 42.5 Å². The van der Waals surface area contributed by atoms with Gasteiger partial charge in [-0.3, -0.25) is 9.59 Å². The highest BCUT2D eigenvalue weighted by Gasteiger charge is 2.23. The molecule has 1 heterocycles. The van der Waals surface area contributed by atoms with Gasteiger partial charge in [0.05, 0.1) is 37.4 Å². The summed E-state index contributed by atoms with van der Waals surface area (Å²) >= 11 is 1.54. The highest BCUT2D eigenvalue weighted by atomic mass is 32.1. The van der Waals surface area contributed by atoms with Gasteiger partial charge in [0.25, 0.3) is 5.91 Å². The summed E-state index contributed by atoms with van der Waals surface area (Å²) in [6, 6.07) is 13.0. The van der Waals surface area contributed by atoms with Crippen molar-refractivity contribution in [3.63, 3.8) is 0 Å². The minimum atomic E-state index is -0.892. The Balaban J connectivity index is 1.56. The van der Waals surface area contributed by atoms with E-state index in [1.807, 2.05) is 24.3 Å². The summed E-state index contributed by atoms with van der Waals surface area (Å²) in [5, 5.41) is 0.830. The van der Waals surface area contributed by atoms with Crippen molar-refractivity contribution in [1.29, 1.82) is 0 Å². The number of nitrogens with zero attached hydrogens (tertiary/aromatic N) is 2. The summed E-state index contributed by atoms with van der Waals surface area (Å²) in [4.78, 5) is 31.0. The quantitative estimate of drug-likeness (QED) is 0.512. The number of esters is 1. The second-order valence-electron chi connectivity index (χ2n) is 6.77. The van der Waals surface area contributed by atoms with Gasteiger partial charge < -0.3 is 19.1 Å². The number of para-hydroxylation sites is 1. The van der Waals surface area contributed by atoms with Gasteiger partial charge in [0.1, 0.15) is 5.01 Å². The number of methoxy groups -OCH3 is 2. The highest BCUT2D eigenvalue weighted by molar-refractivity contribution is 7.18. The van der Waals surface area contributed by atoms with E-state index in [1.165, 1.54) is 12.0 Å². The lowest BCUT2D eigenvalue weighted by Gasteiger charge is -2.20. The van der Waals surface area contributed by atoms with Crippen LogP contribution in [-0.2, 0) is 27.3 Å². The zero-order valence-electron chi connectivity index (χ0n) is 17.4. The fourth-order valence-electron chi connectivity index (χ4n) is 3.03. The number of carbonyl (C=O) groups is 2. The van der Waals surface area contributed by atoms with Gasteiger partial charge >= 0.3 is 5.97 Å². The topological polar surface area (TPSA) is 78.0 Å². The van der Waals surface area contributed by atoms with E-state index in [4.69, 9.17) is 14.2 Å². The van der Waals surface area contributed by atoms with Crippen LogP contribution in [0.2, 0.25) is 0 Å². The fourth-order valence-corrected chi connectivity index (χ4v) is 4.05. The lowest BCUT2D eigenvalue weighted by Crippen LogP contribution is -2.37. The van der Waals surface area contributed by atoms with E-state index < -0.39 is 12.1 Å². The van der Waals surface area contributed by atoms with Gasteiger partial charge in [-0.15, -0.1) is 11.3 Å². The maximum atomic E-state index is 12.6. The molecule has 8 heteroatoms. The Hall–Kier alpha value is -3.13. The summed E-state index contributed by atoms with van der Waals surface area (Å²) in [5.41, 5.74) is 1.62. The molecule has 0 aliphatic rings. The van der Waals surface area contributed by atoms with E-state index in [0.717, 1.165) is 15.2 Å². The second-order valence-corrected chi connectivity index (χ2v) is 7.88. The summed E-state index contributed by atoms with van der Waals surface area (Å²) in [6.07, 6.45) is -0.864. The monoisotopic (exact) mass is 428 g/mol. The number of rotatable bonds is 8. The third-order valence-electron chi connectivity index (χ3n) is 4.54. The van der Waals surface area contributed by atoms with Gasteiger partial charge in [0, 0.05) is 7.05 Å². The molecule has 0 radical (unpaired) electrons. The number of ether oxygens (including phenoxy) is 3. The zero-order valence-corrected chi connectivity index (χ0v) is 18.2. The minimum Gasteiger partial charge on any atom is -0.493 e. The smallest absolute Gasteiger partial charge is 0.311 e. The maximum absolute atomic E-state index is 12.6. The molecule has 0 saturated carbocycles. The first kappa shape index (κ1) is 21.6. The SMILES string of the molecule is COc1ccc(CC(=O)OC(C)C(=O)N(C)Cc2nc3ccccc3s2)cc1OC. The normalized spacial score (nSPS) is 11.7. The van der Waals surface area contributed by atoms with Crippen molar-refractivity contribution >= 4 is 33.4 Å². The number of thiazole rings is 1. The molecule has 2 aromatic carbocycles. The molecule has 30 heavy (non-hydrogen) atoms. The van der Waals surface area contributed by atoms with E-state index in [-0.39, 0.29) is 12.3 Å². The number of carbonyl (C=O) groups excluding carboxylic acids is 2. The summed E-state index contributed by atoms with van der Waals surface area (Å²) in [6.45, 7) is 1.93. The van der Waals surface area contributed by atoms with Crippen LogP contribution in [0.3, 0.4) is 0 Å². The molecule has 7 nitrogen and oxygen atoms in total. The molecule has 0 N–H and O–H groups in total. The third kappa shape index (κ3) is 5.07. The molecule has 0 saturated heterocycles. The first-order valence-corrected chi connectivity index (χ1v) is 10.2. The lowest BCUT2D eigenvalue weighted by atomic mass is 10.1. The van der Waals surface area contributed by atoms with E-state index in [9.17, 15) is 9.59 Å². The van der Waals surface area contributed by atoms with Crippen molar-refractivity contribution in [2.24, 2.45) is 0 Å². The Morgan fingerprint density at radius 1 is 1.10 bits per heavy atom. The van der Waals surface area contributed by atoms with Crippen LogP contribution in [0, 0.1) is 0 Å². The molecule has 0 aliphatic carbocycles. The summed E-state index contributed by atoms with van der Waals surface area (Å²) in [5.74, 6) is 0.337. The lowest BCUT2D eigenvalue weighted by molar-refractivity contribution is -0.158. The van der Waals surface area contributed by atoms with Gasteiger partial charge in [-0.05, 0) is 36.8 Å². The van der Waals surface area contributed by atoms with E-state index in [2.05, 4.69) is 4.98 Å². The molecule has 158 valence electrons. The highest BCUT2D eigenvalue weighted by Crippen LogP contribution is 2.28. The number of aromatic nitrogens is 1. The molecule has 3 aromatic rings. The first-order chi connectivity index (χ1) is 14.4. The van der Waals surface area contributed by atoms with Crippen LogP contribution in [0.4, 0.5) is 0 Å². The van der Waals surface area contributed by atoms with Gasteiger partial charge in [0.15, 0.2) is 17.6 Å². The van der Waals surface area contributed by atoms with Crippen LogP contribution in [0.1, 0.15) is 17.5 Å². The molecule has 1 unspecified atom stereocenters. The standard InChI is InChI=1S/C22H24N2O5S/c1-14(29-21(25)12-15-9-10-17(27-3)18(11-15)28-4)22(26)24(2)13-20-23-16-7-5-6-8-19(16)30-20/h5-11,14H,12-13H2,1-4H3. The van der Waals surface area contributed by atoms with Crippen LogP contribution in [0.25, 0.3) is 10.2 Å². The average Bonchev–Trinajstić information content (AvgIpc) is 3.15. The molecule has 0 bridgehead atoms. The van der Waals surface area contributed by atoms with Gasteiger partial charge in [-0.1, -0.05) is 18.2 Å². The molecule has 0 aliphatic heterocycles. The molecule has 3 rings (SSSR count). The predicted octanol–water partition coefficient (Wildman–Crippen LogP) is 3.45. The van der Waals surface area contributed by atoms with Crippen LogP contribution < -0.4 is 9.47 Å². The molecule has 1 amide bonds. The van der Waals surface area contributed by atoms with Crippen molar-refractivity contribution in [3.8, 4) is 11.5 Å². The van der Waals surface area contributed by atoms with Crippen molar-refractivity contribution in [2.75, 3.05) is 21.3 Å². The molecule has 0 spiro atoms. The fraction of sp³-hybridized carbons (Fsp3) is 0.318. The number of likely N-dealkylation sites (N-methyl/N-ethyl adjacent to an activating group) is 1. The van der Waals surface area contributed by atoms with Crippen LogP contribution >= 0.6 is 11.3 Å². The van der Waals surface area contributed by atoms with Crippen molar-refractivity contribution in [2.45, 2.75) is 26.0 Å². The van der Waals surface area contributed by atoms with E-state index in [1.54, 1.807) is 50.6 Å². The summed E-state index contributed by atoms with van der Waals surface area (Å²) in [7, 11) is 4.75. The molecular formula is C22H24N2O5S. The van der Waals surface area contributed by atoms with Crippen LogP contribution in [-0.4, -0.2) is 49.1 Å². The molecule has 0 fully saturated rings. The summed E-state index contributed by atoms with van der Waals surface area (Å²) < 4.78 is 16.9. The third-order valence-corrected chi connectivity index (χ3v) is 5.56. The van der Waals surface area contributed by atoms with Gasteiger partial charge in [-0.25, -0.2) is 4.98 Å². The van der Waals surface area contributed by atoms with Crippen molar-refractivity contribution in [1.82, 2.24) is 9.88 Å². The number of benzene rings is 2. The second kappa shape index (κ2) is 9.58. The maximum Gasteiger partial charge on any atom is 0.311 e. The Labute approximate surface area is 179 Å². The number of hydrogen-bond acceptors (Lipinski definition) is 7. The van der Waals surface area contributed by atoms with Crippen LogP contribution in [0.5, 0.6) is 11.5 Å². The molecule has 1 atom stereocenters. The Kier molecular flexibility index (Phi) is 6.89. The number of hydrogen-bond donors (Lipinski definition) is 0. The van der Waals surface area contributed by atoms with Crippen molar-refractivity contribution in [3.05, 3.63) is 53.0 Å². The van der Waals surface area contributed by atoms with Gasteiger partial charge in [-0.2, -0.15) is 0 Å². The zero-order chi connectivity index (χ0) is 21.7. The average molecular weight is 429 g/mol. The minimum absolute atomic E-state index is 0.0273. The number of amides is 1. The Morgan fingerprint density at radius 3 is 2.53 bits per heavy atom. The molecule has 1 aromatic heterocycles. The Morgan fingerprint density at radius 2 is 1.83 bits per heavy atom. The largest absolute Gasteiger partial charge is 0.493 e. The number of fused-ring (bicyclic) bond motifs is 1. The first-order valence-electron chi connectivity index (χ1n) is 9.41. The van der Waals surface area contributed by atoms with E-state index >= 15 is 0 Å².